The van der Waals surface area contributed by atoms with Gasteiger partial charge in [-0.25, -0.2) is 9.97 Å². The van der Waals surface area contributed by atoms with Crippen LogP contribution in [0.15, 0.2) is 29.1 Å². The smallest absolute Gasteiger partial charge is 0.251 e. The fourth-order valence-corrected chi connectivity index (χ4v) is 3.90. The Bertz CT molecular complexity index is 995. The molecule has 2 N–H and O–H groups in total. The number of carbonyl (C=O) groups excluding carboxylic acids is 1. The van der Waals surface area contributed by atoms with Gasteiger partial charge in [0.15, 0.2) is 5.65 Å². The van der Waals surface area contributed by atoms with Crippen LogP contribution in [-0.4, -0.2) is 59.3 Å². The minimum Gasteiger partial charge on any atom is -0.368 e. The molecule has 9 heteroatoms. The Balaban J connectivity index is 1.56. The van der Waals surface area contributed by atoms with Gasteiger partial charge in [-0.2, -0.15) is 5.10 Å². The Morgan fingerprint density at radius 2 is 1.93 bits per heavy atom. The Labute approximate surface area is 165 Å². The number of carbonyl (C=O) groups is 1. The summed E-state index contributed by atoms with van der Waals surface area (Å²) in [5.74, 6) is 0.819. The number of aromatic nitrogens is 4. The Hall–Kier alpha value is -2.68. The van der Waals surface area contributed by atoms with Gasteiger partial charge in [-0.05, 0) is 40.5 Å². The number of benzene rings is 1. The highest BCUT2D eigenvalue weighted by Crippen LogP contribution is 2.30. The summed E-state index contributed by atoms with van der Waals surface area (Å²) in [7, 11) is 1.65. The lowest BCUT2D eigenvalue weighted by Gasteiger charge is -2.37. The molecule has 1 fully saturated rings. The molecule has 0 saturated carbocycles. The highest BCUT2D eigenvalue weighted by Gasteiger charge is 2.23. The van der Waals surface area contributed by atoms with Gasteiger partial charge in [-0.3, -0.25) is 9.89 Å². The number of aryl methyl sites for hydroxylation is 1. The van der Waals surface area contributed by atoms with Gasteiger partial charge in [0.1, 0.15) is 16.7 Å². The van der Waals surface area contributed by atoms with Crippen LogP contribution in [0.25, 0.3) is 11.0 Å². The summed E-state index contributed by atoms with van der Waals surface area (Å²) in [4.78, 5) is 25.2. The molecule has 0 radical (unpaired) electrons. The van der Waals surface area contributed by atoms with Crippen LogP contribution in [0.4, 0.5) is 11.5 Å². The van der Waals surface area contributed by atoms with Crippen LogP contribution < -0.4 is 15.1 Å². The largest absolute Gasteiger partial charge is 0.368 e. The molecule has 3 heterocycles. The molecular formula is C18H20BrN7O. The number of hydrogen-bond acceptors (Lipinski definition) is 6. The number of piperazine rings is 1. The topological polar surface area (TPSA) is 90.0 Å². The molecule has 1 saturated heterocycles. The van der Waals surface area contributed by atoms with Crippen molar-refractivity contribution in [3.8, 4) is 0 Å². The summed E-state index contributed by atoms with van der Waals surface area (Å²) in [6.07, 6.45) is 1.56. The van der Waals surface area contributed by atoms with Crippen molar-refractivity contribution in [2.24, 2.45) is 0 Å². The number of hydrogen-bond donors (Lipinski definition) is 2. The summed E-state index contributed by atoms with van der Waals surface area (Å²) < 4.78 is 0.727. The number of fused-ring (bicyclic) bond motifs is 1. The van der Waals surface area contributed by atoms with Gasteiger partial charge >= 0.3 is 0 Å². The first-order valence-electron chi connectivity index (χ1n) is 8.75. The number of nitrogens with one attached hydrogen (secondary N) is 2. The molecule has 1 aliphatic heterocycles. The average molecular weight is 430 g/mol. The molecule has 0 atom stereocenters. The molecule has 27 heavy (non-hydrogen) atoms. The van der Waals surface area contributed by atoms with Crippen molar-refractivity contribution in [2.45, 2.75) is 6.92 Å². The second kappa shape index (κ2) is 7.15. The van der Waals surface area contributed by atoms with E-state index >= 15 is 0 Å². The van der Waals surface area contributed by atoms with Gasteiger partial charge in [-0.15, -0.1) is 0 Å². The molecule has 0 unspecified atom stereocenters. The van der Waals surface area contributed by atoms with E-state index in [9.17, 15) is 4.79 Å². The summed E-state index contributed by atoms with van der Waals surface area (Å²) >= 11 is 3.47. The number of aromatic amines is 1. The van der Waals surface area contributed by atoms with E-state index in [1.807, 2.05) is 18.2 Å². The predicted octanol–water partition coefficient (Wildman–Crippen LogP) is 2.11. The maximum atomic E-state index is 12.0. The minimum atomic E-state index is -0.0666. The van der Waals surface area contributed by atoms with Crippen LogP contribution in [-0.2, 0) is 0 Å². The van der Waals surface area contributed by atoms with E-state index in [2.05, 4.69) is 58.1 Å². The van der Waals surface area contributed by atoms with Crippen molar-refractivity contribution in [3.63, 3.8) is 0 Å². The molecule has 2 aromatic heterocycles. The van der Waals surface area contributed by atoms with Gasteiger partial charge in [0.25, 0.3) is 5.91 Å². The van der Waals surface area contributed by atoms with Crippen molar-refractivity contribution in [1.29, 1.82) is 0 Å². The fourth-order valence-electron chi connectivity index (χ4n) is 3.44. The average Bonchev–Trinajstić information content (AvgIpc) is 3.09. The molecule has 8 nitrogen and oxygen atoms in total. The SMILES string of the molecule is CNC(=O)c1ccc(C)c(N2CCN(c3ncnc4[nH]nc(Br)c34)CC2)c1. The summed E-state index contributed by atoms with van der Waals surface area (Å²) in [6.45, 7) is 5.42. The normalized spacial score (nSPS) is 14.6. The van der Waals surface area contributed by atoms with Crippen molar-refractivity contribution >= 4 is 44.4 Å². The van der Waals surface area contributed by atoms with Crippen LogP contribution in [0, 0.1) is 6.92 Å². The lowest BCUT2D eigenvalue weighted by atomic mass is 10.1. The van der Waals surface area contributed by atoms with Crippen molar-refractivity contribution in [3.05, 3.63) is 40.3 Å². The zero-order chi connectivity index (χ0) is 19.0. The Kier molecular flexibility index (Phi) is 4.69. The molecule has 1 amide bonds. The Morgan fingerprint density at radius 3 is 2.67 bits per heavy atom. The molecule has 0 bridgehead atoms. The van der Waals surface area contributed by atoms with Crippen molar-refractivity contribution in [1.82, 2.24) is 25.5 Å². The van der Waals surface area contributed by atoms with Crippen LogP contribution in [0.3, 0.4) is 0 Å². The van der Waals surface area contributed by atoms with E-state index < -0.39 is 0 Å². The summed E-state index contributed by atoms with van der Waals surface area (Å²) in [5, 5.41) is 10.7. The second-order valence-electron chi connectivity index (χ2n) is 6.49. The first kappa shape index (κ1) is 17.7. The van der Waals surface area contributed by atoms with E-state index in [1.165, 1.54) is 0 Å². The van der Waals surface area contributed by atoms with E-state index in [-0.39, 0.29) is 5.91 Å². The molecule has 4 rings (SSSR count). The highest BCUT2D eigenvalue weighted by atomic mass is 79.9. The maximum absolute atomic E-state index is 12.0. The van der Waals surface area contributed by atoms with Crippen LogP contribution in [0.5, 0.6) is 0 Å². The fraction of sp³-hybridized carbons (Fsp3) is 0.333. The number of H-pyrrole nitrogens is 1. The van der Waals surface area contributed by atoms with E-state index in [1.54, 1.807) is 13.4 Å². The first-order valence-corrected chi connectivity index (χ1v) is 9.55. The van der Waals surface area contributed by atoms with Gasteiger partial charge in [0.2, 0.25) is 0 Å². The minimum absolute atomic E-state index is 0.0666. The third-order valence-electron chi connectivity index (χ3n) is 4.91. The lowest BCUT2D eigenvalue weighted by molar-refractivity contribution is 0.0963. The molecule has 1 aliphatic rings. The van der Waals surface area contributed by atoms with Gasteiger partial charge in [0, 0.05) is 44.5 Å². The molecular weight excluding hydrogens is 410 g/mol. The van der Waals surface area contributed by atoms with Crippen molar-refractivity contribution in [2.75, 3.05) is 43.0 Å². The van der Waals surface area contributed by atoms with Gasteiger partial charge < -0.3 is 15.1 Å². The predicted molar refractivity (Wildman–Crippen MR) is 108 cm³/mol. The Morgan fingerprint density at radius 1 is 1.19 bits per heavy atom. The number of nitrogens with zero attached hydrogens (tertiary/aromatic N) is 5. The lowest BCUT2D eigenvalue weighted by Crippen LogP contribution is -2.47. The number of amides is 1. The summed E-state index contributed by atoms with van der Waals surface area (Å²) in [5.41, 5.74) is 3.68. The van der Waals surface area contributed by atoms with Crippen LogP contribution >= 0.6 is 15.9 Å². The van der Waals surface area contributed by atoms with E-state index in [0.29, 0.717) is 5.56 Å². The van der Waals surface area contributed by atoms with Gasteiger partial charge in [0.05, 0.1) is 5.39 Å². The van der Waals surface area contributed by atoms with Gasteiger partial charge in [-0.1, -0.05) is 6.07 Å². The quantitative estimate of drug-likeness (QED) is 0.662. The van der Waals surface area contributed by atoms with E-state index in [4.69, 9.17) is 0 Å². The van der Waals surface area contributed by atoms with Crippen LogP contribution in [0.2, 0.25) is 0 Å². The number of halogens is 1. The maximum Gasteiger partial charge on any atom is 0.251 e. The van der Waals surface area contributed by atoms with Crippen molar-refractivity contribution < 1.29 is 4.79 Å². The number of rotatable bonds is 3. The zero-order valence-corrected chi connectivity index (χ0v) is 16.7. The summed E-state index contributed by atoms with van der Waals surface area (Å²) in [6, 6.07) is 5.84. The zero-order valence-electron chi connectivity index (χ0n) is 15.2. The molecule has 0 aliphatic carbocycles. The third kappa shape index (κ3) is 3.23. The molecule has 1 aromatic carbocycles. The monoisotopic (exact) mass is 429 g/mol. The highest BCUT2D eigenvalue weighted by molar-refractivity contribution is 9.10. The standard InChI is InChI=1S/C18H20BrN7O/c1-11-3-4-12(18(27)20-2)9-13(11)25-5-7-26(8-6-25)17-14-15(19)23-24-16(14)21-10-22-17/h3-4,9-10H,5-8H2,1-2H3,(H,20,27)(H,21,22,23,24). The molecule has 0 spiro atoms. The van der Waals surface area contributed by atoms with E-state index in [0.717, 1.165) is 58.9 Å². The second-order valence-corrected chi connectivity index (χ2v) is 7.24. The first-order chi connectivity index (χ1) is 13.1. The molecule has 3 aromatic rings. The van der Waals surface area contributed by atoms with Crippen LogP contribution in [0.1, 0.15) is 15.9 Å². The number of anilines is 2. The third-order valence-corrected chi connectivity index (χ3v) is 5.49. The molecule has 140 valence electrons.